The molecular weight excluding hydrogens is 322 g/mol. The van der Waals surface area contributed by atoms with Crippen LogP contribution in [0.1, 0.15) is 18.4 Å². The number of hydrogen-bond acceptors (Lipinski definition) is 6. The third kappa shape index (κ3) is 4.60. The maximum absolute atomic E-state index is 12.4. The zero-order valence-corrected chi connectivity index (χ0v) is 13.8. The summed E-state index contributed by atoms with van der Waals surface area (Å²) in [6.45, 7) is 2.00. The Balaban J connectivity index is 1.55. The van der Waals surface area contributed by atoms with E-state index in [9.17, 15) is 9.59 Å². The van der Waals surface area contributed by atoms with Gasteiger partial charge in [0.2, 0.25) is 17.6 Å². The Bertz CT molecular complexity index is 732. The fourth-order valence-corrected chi connectivity index (χ4v) is 3.07. The van der Waals surface area contributed by atoms with Crippen LogP contribution in [0.4, 0.5) is 0 Å². The third-order valence-electron chi connectivity index (χ3n) is 4.25. The van der Waals surface area contributed by atoms with Crippen molar-refractivity contribution in [2.75, 3.05) is 19.6 Å². The van der Waals surface area contributed by atoms with Crippen molar-refractivity contribution in [1.82, 2.24) is 30.8 Å². The zero-order valence-electron chi connectivity index (χ0n) is 13.8. The van der Waals surface area contributed by atoms with Crippen LogP contribution in [0.2, 0.25) is 0 Å². The molecule has 1 aromatic carbocycles. The Hall–Kier alpha value is -2.81. The quantitative estimate of drug-likeness (QED) is 0.659. The molecule has 0 saturated carbocycles. The van der Waals surface area contributed by atoms with Crippen molar-refractivity contribution in [2.45, 2.75) is 19.4 Å². The summed E-state index contributed by atoms with van der Waals surface area (Å²) in [5, 5.41) is 16.8. The maximum atomic E-state index is 12.4. The van der Waals surface area contributed by atoms with Crippen molar-refractivity contribution in [2.24, 2.45) is 11.7 Å². The second-order valence-corrected chi connectivity index (χ2v) is 6.19. The number of benzene rings is 1. The Morgan fingerprint density at radius 2 is 2.28 bits per heavy atom. The summed E-state index contributed by atoms with van der Waals surface area (Å²) in [6.07, 6.45) is 1.71. The molecule has 25 heavy (non-hydrogen) atoms. The first-order valence-electron chi connectivity index (χ1n) is 8.23. The summed E-state index contributed by atoms with van der Waals surface area (Å²) < 4.78 is 0. The van der Waals surface area contributed by atoms with E-state index in [1.165, 1.54) is 0 Å². The monoisotopic (exact) mass is 343 g/mol. The highest BCUT2D eigenvalue weighted by Crippen LogP contribution is 2.17. The topological polar surface area (TPSA) is 130 Å². The number of H-pyrrole nitrogens is 1. The minimum Gasteiger partial charge on any atom is -0.369 e. The molecule has 4 N–H and O–H groups in total. The van der Waals surface area contributed by atoms with Crippen molar-refractivity contribution in [1.29, 1.82) is 0 Å². The lowest BCUT2D eigenvalue weighted by Crippen LogP contribution is -2.45. The van der Waals surface area contributed by atoms with Crippen LogP contribution >= 0.6 is 0 Å². The second-order valence-electron chi connectivity index (χ2n) is 6.19. The van der Waals surface area contributed by atoms with Crippen molar-refractivity contribution in [3.63, 3.8) is 0 Å². The predicted octanol–water partition coefficient (Wildman–Crippen LogP) is -0.320. The minimum absolute atomic E-state index is 0.000801. The molecule has 1 fully saturated rings. The van der Waals surface area contributed by atoms with Crippen LogP contribution in [-0.4, -0.2) is 57.0 Å². The summed E-state index contributed by atoms with van der Waals surface area (Å²) in [5.41, 5.74) is 7.03. The van der Waals surface area contributed by atoms with Gasteiger partial charge in [0.25, 0.3) is 0 Å². The molecule has 0 unspecified atom stereocenters. The molecule has 0 bridgehead atoms. The van der Waals surface area contributed by atoms with Crippen molar-refractivity contribution in [3.05, 3.63) is 29.8 Å². The molecule has 1 aliphatic heterocycles. The first kappa shape index (κ1) is 17.0. The van der Waals surface area contributed by atoms with Crippen LogP contribution in [-0.2, 0) is 16.1 Å². The number of piperidine rings is 1. The van der Waals surface area contributed by atoms with Gasteiger partial charge in [0.15, 0.2) is 0 Å². The van der Waals surface area contributed by atoms with Crippen LogP contribution in [0.5, 0.6) is 0 Å². The summed E-state index contributed by atoms with van der Waals surface area (Å²) >= 11 is 0. The molecule has 1 aromatic heterocycles. The van der Waals surface area contributed by atoms with Crippen molar-refractivity contribution in [3.8, 4) is 11.4 Å². The van der Waals surface area contributed by atoms with Crippen molar-refractivity contribution >= 4 is 11.8 Å². The number of primary amides is 1. The number of likely N-dealkylation sites (tertiary alicyclic amines) is 1. The van der Waals surface area contributed by atoms with Crippen LogP contribution in [0.25, 0.3) is 11.4 Å². The number of nitrogens with one attached hydrogen (secondary N) is 2. The van der Waals surface area contributed by atoms with Gasteiger partial charge in [0, 0.05) is 18.7 Å². The van der Waals surface area contributed by atoms with Gasteiger partial charge < -0.3 is 11.1 Å². The number of hydrogen-bond donors (Lipinski definition) is 3. The fraction of sp³-hybridized carbons (Fsp3) is 0.438. The van der Waals surface area contributed by atoms with E-state index in [-0.39, 0.29) is 24.3 Å². The summed E-state index contributed by atoms with van der Waals surface area (Å²) in [6, 6.07) is 7.64. The van der Waals surface area contributed by atoms with Crippen LogP contribution < -0.4 is 11.1 Å². The molecule has 132 valence electrons. The van der Waals surface area contributed by atoms with E-state index in [0.717, 1.165) is 30.5 Å². The molecule has 2 amide bonds. The Labute approximate surface area is 145 Å². The molecular formula is C16H21N7O2. The number of amides is 2. The van der Waals surface area contributed by atoms with Gasteiger partial charge in [-0.1, -0.05) is 18.2 Å². The van der Waals surface area contributed by atoms with Gasteiger partial charge in [-0.25, -0.2) is 0 Å². The van der Waals surface area contributed by atoms with E-state index in [2.05, 4.69) is 25.9 Å². The number of tetrazole rings is 1. The maximum Gasteiger partial charge on any atom is 0.231 e. The SMILES string of the molecule is NC(=O)CN1CCC[C@@H](C(=O)NCc2cccc(-c3nn[nH]n3)c2)C1. The largest absolute Gasteiger partial charge is 0.369 e. The Morgan fingerprint density at radius 1 is 1.40 bits per heavy atom. The highest BCUT2D eigenvalue weighted by atomic mass is 16.2. The normalized spacial score (nSPS) is 18.0. The number of aromatic nitrogens is 4. The summed E-state index contributed by atoms with van der Waals surface area (Å²) in [7, 11) is 0. The molecule has 0 spiro atoms. The molecule has 1 aliphatic rings. The second kappa shape index (κ2) is 7.84. The van der Waals surface area contributed by atoms with E-state index in [1.807, 2.05) is 29.2 Å². The van der Waals surface area contributed by atoms with Crippen LogP contribution in [0.3, 0.4) is 0 Å². The van der Waals surface area contributed by atoms with Gasteiger partial charge in [-0.3, -0.25) is 14.5 Å². The number of nitrogens with two attached hydrogens (primary N) is 1. The molecule has 9 nitrogen and oxygen atoms in total. The average Bonchev–Trinajstić information content (AvgIpc) is 3.14. The molecule has 2 heterocycles. The van der Waals surface area contributed by atoms with Gasteiger partial charge in [-0.15, -0.1) is 10.2 Å². The molecule has 1 saturated heterocycles. The first-order chi connectivity index (χ1) is 12.1. The van der Waals surface area contributed by atoms with Gasteiger partial charge in [-0.2, -0.15) is 5.21 Å². The third-order valence-corrected chi connectivity index (χ3v) is 4.25. The fourth-order valence-electron chi connectivity index (χ4n) is 3.07. The molecule has 9 heteroatoms. The lowest BCUT2D eigenvalue weighted by Gasteiger charge is -2.31. The summed E-state index contributed by atoms with van der Waals surface area (Å²) in [4.78, 5) is 25.4. The van der Waals surface area contributed by atoms with E-state index in [4.69, 9.17) is 5.73 Å². The number of nitrogens with zero attached hydrogens (tertiary/aromatic N) is 4. The van der Waals surface area contributed by atoms with E-state index in [0.29, 0.717) is 18.9 Å². The van der Waals surface area contributed by atoms with E-state index < -0.39 is 0 Å². The highest BCUT2D eigenvalue weighted by molar-refractivity contribution is 5.79. The van der Waals surface area contributed by atoms with Crippen molar-refractivity contribution < 1.29 is 9.59 Å². The van der Waals surface area contributed by atoms with E-state index >= 15 is 0 Å². The first-order valence-corrected chi connectivity index (χ1v) is 8.23. The lowest BCUT2D eigenvalue weighted by atomic mass is 9.97. The Morgan fingerprint density at radius 3 is 3.04 bits per heavy atom. The molecule has 3 rings (SSSR count). The average molecular weight is 343 g/mol. The number of aromatic amines is 1. The van der Waals surface area contributed by atoms with Crippen LogP contribution in [0.15, 0.2) is 24.3 Å². The minimum atomic E-state index is -0.362. The van der Waals surface area contributed by atoms with Crippen LogP contribution in [0, 0.1) is 5.92 Å². The summed E-state index contributed by atoms with van der Waals surface area (Å²) in [5.74, 6) is 0.0366. The van der Waals surface area contributed by atoms with E-state index in [1.54, 1.807) is 0 Å². The molecule has 1 atom stereocenters. The molecule has 0 aliphatic carbocycles. The van der Waals surface area contributed by atoms with Gasteiger partial charge in [0.05, 0.1) is 12.5 Å². The molecule has 2 aromatic rings. The number of carbonyl (C=O) groups is 2. The highest BCUT2D eigenvalue weighted by Gasteiger charge is 2.26. The smallest absolute Gasteiger partial charge is 0.231 e. The zero-order chi connectivity index (χ0) is 17.6. The lowest BCUT2D eigenvalue weighted by molar-refractivity contribution is -0.128. The number of carbonyl (C=O) groups excluding carboxylic acids is 2. The Kier molecular flexibility index (Phi) is 5.34. The van der Waals surface area contributed by atoms with Gasteiger partial charge in [0.1, 0.15) is 0 Å². The standard InChI is InChI=1S/C16H21N7O2/c17-14(24)10-23-6-2-5-13(9-23)16(25)18-8-11-3-1-4-12(7-11)15-19-21-22-20-15/h1,3-4,7,13H,2,5-6,8-10H2,(H2,17,24)(H,18,25)(H,19,20,21,22)/t13-/m1/s1. The number of rotatable bonds is 6. The molecule has 0 radical (unpaired) electrons. The predicted molar refractivity (Wildman–Crippen MR) is 89.8 cm³/mol. The van der Waals surface area contributed by atoms with Gasteiger partial charge in [-0.05, 0) is 36.2 Å². The van der Waals surface area contributed by atoms with Gasteiger partial charge >= 0.3 is 0 Å².